The molecule has 4 aromatic carbocycles. The minimum Gasteiger partial charge on any atom is -0.509 e. The first-order chi connectivity index (χ1) is 25.5. The summed E-state index contributed by atoms with van der Waals surface area (Å²) >= 11 is 0. The summed E-state index contributed by atoms with van der Waals surface area (Å²) in [4.78, 5) is 4.83. The van der Waals surface area contributed by atoms with Gasteiger partial charge in [-0.1, -0.05) is 102 Å². The van der Waals surface area contributed by atoms with E-state index in [1.807, 2.05) is 12.3 Å². The molecule has 0 bridgehead atoms. The Labute approximate surface area is 336 Å². The number of rotatable bonds is 11. The summed E-state index contributed by atoms with van der Waals surface area (Å²) in [6.45, 7) is 20.1. The van der Waals surface area contributed by atoms with Gasteiger partial charge in [-0.25, -0.2) is 4.98 Å². The van der Waals surface area contributed by atoms with Crippen LogP contribution in [0.25, 0.3) is 44.4 Å². The van der Waals surface area contributed by atoms with Crippen LogP contribution in [-0.4, -0.2) is 19.3 Å². The summed E-state index contributed by atoms with van der Waals surface area (Å²) < 4.78 is 11.1. The number of hydrogen-bond acceptors (Lipinski definition) is 3. The molecule has 3 heterocycles. The van der Waals surface area contributed by atoms with Gasteiger partial charge in [0.05, 0.1) is 5.69 Å². The molecular formula is C48H52N4OPt. The van der Waals surface area contributed by atoms with E-state index >= 15 is 0 Å². The van der Waals surface area contributed by atoms with Crippen LogP contribution in [0, 0.1) is 32.9 Å². The van der Waals surface area contributed by atoms with E-state index in [4.69, 9.17) is 14.8 Å². The summed E-state index contributed by atoms with van der Waals surface area (Å²) in [7, 11) is 0. The molecule has 0 atom stereocenters. The number of aryl methyl sites for hydroxylation is 5. The smallest absolute Gasteiger partial charge is 0.509 e. The Morgan fingerprint density at radius 1 is 0.722 bits per heavy atom. The van der Waals surface area contributed by atoms with Crippen molar-refractivity contribution in [2.75, 3.05) is 0 Å². The molecule has 0 N–H and O–H groups in total. The van der Waals surface area contributed by atoms with E-state index in [2.05, 4.69) is 150 Å². The normalized spacial score (nSPS) is 11.7. The number of ether oxygens (including phenoxy) is 1. The number of hydrogen-bond donors (Lipinski definition) is 0. The minimum atomic E-state index is -0.130. The number of fused-ring (bicyclic) bond motifs is 3. The first-order valence-electron chi connectivity index (χ1n) is 19.4. The van der Waals surface area contributed by atoms with Gasteiger partial charge in [-0.3, -0.25) is 4.68 Å². The van der Waals surface area contributed by atoms with Crippen molar-refractivity contribution in [1.29, 1.82) is 0 Å². The van der Waals surface area contributed by atoms with Gasteiger partial charge in [-0.2, -0.15) is 11.2 Å². The molecule has 7 rings (SSSR count). The van der Waals surface area contributed by atoms with Crippen molar-refractivity contribution in [3.8, 4) is 34.1 Å². The Hall–Kier alpha value is -4.47. The Balaban J connectivity index is 0.00000497. The van der Waals surface area contributed by atoms with E-state index in [9.17, 15) is 0 Å². The van der Waals surface area contributed by atoms with Gasteiger partial charge in [0, 0.05) is 34.5 Å². The maximum atomic E-state index is 6.77. The second kappa shape index (κ2) is 16.1. The van der Waals surface area contributed by atoms with Gasteiger partial charge in [-0.15, -0.1) is 41.3 Å². The van der Waals surface area contributed by atoms with Gasteiger partial charge in [0.15, 0.2) is 0 Å². The average molecular weight is 896 g/mol. The molecule has 0 saturated carbocycles. The van der Waals surface area contributed by atoms with Crippen molar-refractivity contribution in [3.63, 3.8) is 0 Å². The molecule has 0 aliphatic carbocycles. The summed E-state index contributed by atoms with van der Waals surface area (Å²) in [5.74, 6) is 2.17. The Morgan fingerprint density at radius 2 is 1.44 bits per heavy atom. The zero-order chi connectivity index (χ0) is 37.4. The maximum Gasteiger partial charge on any atom is 2.00 e. The summed E-state index contributed by atoms with van der Waals surface area (Å²) in [6.07, 6.45) is 7.85. The predicted octanol–water partition coefficient (Wildman–Crippen LogP) is 12.5. The van der Waals surface area contributed by atoms with Gasteiger partial charge in [-0.05, 0) is 97.0 Å². The van der Waals surface area contributed by atoms with Crippen LogP contribution in [-0.2, 0) is 45.7 Å². The van der Waals surface area contributed by atoms with Crippen LogP contribution in [0.5, 0.6) is 11.5 Å². The third-order valence-corrected chi connectivity index (χ3v) is 10.2. The van der Waals surface area contributed by atoms with Crippen LogP contribution in [0.4, 0.5) is 0 Å². The first kappa shape index (κ1) is 39.2. The number of nitrogens with zero attached hydrogens (tertiary/aromatic N) is 4. The van der Waals surface area contributed by atoms with E-state index in [0.717, 1.165) is 83.1 Å². The Bertz CT molecular complexity index is 2420. The molecule has 54 heavy (non-hydrogen) atoms. The Kier molecular flexibility index (Phi) is 11.7. The third kappa shape index (κ3) is 7.58. The topological polar surface area (TPSA) is 44.9 Å². The molecule has 0 unspecified atom stereocenters. The fraction of sp³-hybridized carbons (Fsp3) is 0.333. The van der Waals surface area contributed by atoms with Crippen LogP contribution in [0.2, 0.25) is 0 Å². The van der Waals surface area contributed by atoms with Gasteiger partial charge >= 0.3 is 21.1 Å². The molecule has 6 heteroatoms. The van der Waals surface area contributed by atoms with Crippen LogP contribution in [0.15, 0.2) is 79.0 Å². The molecule has 280 valence electrons. The number of aromatic nitrogens is 4. The second-order valence-corrected chi connectivity index (χ2v) is 15.6. The van der Waals surface area contributed by atoms with E-state index in [0.29, 0.717) is 11.5 Å². The molecule has 0 amide bonds. The maximum absolute atomic E-state index is 6.77. The number of para-hydroxylation sites is 1. The van der Waals surface area contributed by atoms with Crippen molar-refractivity contribution in [3.05, 3.63) is 130 Å². The quantitative estimate of drug-likeness (QED) is 0.122. The first-order valence-corrected chi connectivity index (χ1v) is 19.4. The SMILES string of the molecule is CCCc1ccnc(-n2c3[c-]c(Oc4[c-]c(-n5nc(CCC)c(-c6c(C)cc(C)cc6C)c5CCC)cc(C(C)(C)C)c4)ccc3c3ccccc32)c1.[Pt+2]. The van der Waals surface area contributed by atoms with E-state index in [-0.39, 0.29) is 26.5 Å². The number of pyridine rings is 1. The van der Waals surface area contributed by atoms with Crippen LogP contribution >= 0.6 is 0 Å². The van der Waals surface area contributed by atoms with Crippen LogP contribution in [0.3, 0.4) is 0 Å². The van der Waals surface area contributed by atoms with Crippen LogP contribution in [0.1, 0.15) is 100 Å². The molecule has 0 fully saturated rings. The summed E-state index contributed by atoms with van der Waals surface area (Å²) in [5.41, 5.74) is 14.1. The van der Waals surface area contributed by atoms with E-state index in [1.54, 1.807) is 0 Å². The van der Waals surface area contributed by atoms with Gasteiger partial charge in [0.1, 0.15) is 5.82 Å². The van der Waals surface area contributed by atoms with Crippen molar-refractivity contribution in [2.24, 2.45) is 0 Å². The predicted molar refractivity (Wildman–Crippen MR) is 220 cm³/mol. The largest absolute Gasteiger partial charge is 2.00 e. The molecule has 5 nitrogen and oxygen atoms in total. The van der Waals surface area contributed by atoms with E-state index in [1.165, 1.54) is 39.1 Å². The molecule has 0 aliphatic rings. The second-order valence-electron chi connectivity index (χ2n) is 15.6. The standard InChI is InChI=1S/C48H52N4O.Pt/c1-10-15-34-22-23-49-45(26-34)51-42-19-14-13-18-39(42)40-21-20-37(30-44(40)51)53-38-28-35(48(7,8)9)27-36(29-38)52-43(17-12-3)47(41(50-52)16-11-2)46-32(5)24-31(4)25-33(46)6;/h13-14,18-28H,10-12,15-17H2,1-9H3;/q-2;+2. The zero-order valence-corrected chi connectivity index (χ0v) is 35.5. The molecule has 0 aliphatic heterocycles. The molecular weight excluding hydrogens is 844 g/mol. The van der Waals surface area contributed by atoms with Gasteiger partial charge < -0.3 is 9.30 Å². The number of benzene rings is 4. The Morgan fingerprint density at radius 3 is 2.15 bits per heavy atom. The average Bonchev–Trinajstić information content (AvgIpc) is 3.63. The molecule has 7 aromatic rings. The summed E-state index contributed by atoms with van der Waals surface area (Å²) in [5, 5.41) is 7.66. The monoisotopic (exact) mass is 895 g/mol. The third-order valence-electron chi connectivity index (χ3n) is 10.2. The van der Waals surface area contributed by atoms with Gasteiger partial charge in [0.2, 0.25) is 0 Å². The summed E-state index contributed by atoms with van der Waals surface area (Å²) in [6, 6.07) is 33.3. The molecule has 0 saturated heterocycles. The van der Waals surface area contributed by atoms with Crippen molar-refractivity contribution in [2.45, 2.75) is 106 Å². The minimum absolute atomic E-state index is 0. The molecule has 3 aromatic heterocycles. The van der Waals surface area contributed by atoms with Crippen molar-refractivity contribution in [1.82, 2.24) is 19.3 Å². The van der Waals surface area contributed by atoms with Crippen LogP contribution < -0.4 is 4.74 Å². The van der Waals surface area contributed by atoms with E-state index < -0.39 is 0 Å². The fourth-order valence-corrected chi connectivity index (χ4v) is 7.89. The molecule has 0 spiro atoms. The molecule has 0 radical (unpaired) electrons. The zero-order valence-electron chi connectivity index (χ0n) is 33.3. The van der Waals surface area contributed by atoms with Gasteiger partial charge in [0.25, 0.3) is 0 Å². The van der Waals surface area contributed by atoms with Crippen molar-refractivity contribution < 1.29 is 25.8 Å². The fourth-order valence-electron chi connectivity index (χ4n) is 7.89. The van der Waals surface area contributed by atoms with Crippen molar-refractivity contribution >= 4 is 21.8 Å².